The van der Waals surface area contributed by atoms with E-state index in [2.05, 4.69) is 4.98 Å². The molecular formula is C7H7NO. The Hall–Kier alpha value is -0.890. The first-order chi connectivity index (χ1) is 4.43. The molecule has 46 valence electrons. The summed E-state index contributed by atoms with van der Waals surface area (Å²) in [5.74, 6) is 0. The molecule has 0 spiro atoms. The van der Waals surface area contributed by atoms with Gasteiger partial charge in [0.25, 0.3) is 0 Å². The summed E-state index contributed by atoms with van der Waals surface area (Å²) in [5, 5.41) is 8.23. The summed E-state index contributed by atoms with van der Waals surface area (Å²) in [7, 11) is 0. The highest BCUT2D eigenvalue weighted by Gasteiger charge is 1.88. The van der Waals surface area contributed by atoms with Crippen molar-refractivity contribution < 1.29 is 5.11 Å². The van der Waals surface area contributed by atoms with Gasteiger partial charge in [-0.15, -0.1) is 0 Å². The van der Waals surface area contributed by atoms with Crippen LogP contribution in [-0.2, 0) is 6.42 Å². The molecule has 1 heterocycles. The van der Waals surface area contributed by atoms with Gasteiger partial charge in [-0.2, -0.15) is 0 Å². The summed E-state index contributed by atoms with van der Waals surface area (Å²) < 4.78 is 0. The van der Waals surface area contributed by atoms with Crippen LogP contribution in [0.2, 0.25) is 0 Å². The zero-order chi connectivity index (χ0) is 6.53. The lowest BCUT2D eigenvalue weighted by atomic mass is 10.3. The van der Waals surface area contributed by atoms with Crippen molar-refractivity contribution in [1.82, 2.24) is 4.98 Å². The van der Waals surface area contributed by atoms with Crippen molar-refractivity contribution in [2.24, 2.45) is 0 Å². The highest BCUT2D eigenvalue weighted by molar-refractivity contribution is 5.04. The lowest BCUT2D eigenvalue weighted by Crippen LogP contribution is -1.87. The molecule has 0 aliphatic carbocycles. The molecule has 0 aliphatic heterocycles. The normalized spacial score (nSPS) is 9.44. The number of pyridine rings is 1. The van der Waals surface area contributed by atoms with E-state index >= 15 is 0 Å². The molecule has 0 atom stereocenters. The van der Waals surface area contributed by atoms with Crippen LogP contribution in [-0.4, -0.2) is 10.1 Å². The molecule has 9 heavy (non-hydrogen) atoms. The summed E-state index contributed by atoms with van der Waals surface area (Å²) >= 11 is 0. The highest BCUT2D eigenvalue weighted by atomic mass is 16.3. The predicted molar refractivity (Wildman–Crippen MR) is 33.1 cm³/mol. The second kappa shape index (κ2) is 3.20. The molecule has 0 saturated heterocycles. The van der Waals surface area contributed by atoms with Crippen LogP contribution < -0.4 is 0 Å². The number of aliphatic hydroxyl groups excluding tert-OH is 1. The molecule has 0 unspecified atom stereocenters. The van der Waals surface area contributed by atoms with Crippen LogP contribution in [0.1, 0.15) is 5.69 Å². The number of nitrogens with zero attached hydrogens (tertiary/aromatic N) is 1. The van der Waals surface area contributed by atoms with Gasteiger partial charge < -0.3 is 5.11 Å². The van der Waals surface area contributed by atoms with Gasteiger partial charge in [0.15, 0.2) is 0 Å². The summed E-state index contributed by atoms with van der Waals surface area (Å²) in [5.41, 5.74) is 0.833. The monoisotopic (exact) mass is 121 g/mol. The molecule has 0 aromatic carbocycles. The molecule has 1 aromatic rings. The number of hydrogen-bond donors (Lipinski definition) is 1. The Kier molecular flexibility index (Phi) is 2.22. The number of aromatic nitrogens is 1. The third kappa shape index (κ3) is 1.82. The van der Waals surface area contributed by atoms with Gasteiger partial charge in [-0.3, -0.25) is 4.98 Å². The second-order valence-corrected chi connectivity index (χ2v) is 1.66. The van der Waals surface area contributed by atoms with Crippen LogP contribution in [0.3, 0.4) is 0 Å². The Morgan fingerprint density at radius 3 is 3.00 bits per heavy atom. The van der Waals surface area contributed by atoms with Gasteiger partial charge in [-0.1, -0.05) is 6.07 Å². The minimum absolute atomic E-state index is 0.404. The van der Waals surface area contributed by atoms with Crippen LogP contribution in [0, 0.1) is 6.61 Å². The molecule has 0 fully saturated rings. The van der Waals surface area contributed by atoms with Crippen molar-refractivity contribution in [1.29, 1.82) is 0 Å². The summed E-state index contributed by atoms with van der Waals surface area (Å²) in [6.07, 6.45) is 2.09. The van der Waals surface area contributed by atoms with Crippen molar-refractivity contribution in [2.45, 2.75) is 6.42 Å². The molecule has 0 amide bonds. The fourth-order valence-corrected chi connectivity index (χ4v) is 0.584. The van der Waals surface area contributed by atoms with E-state index in [0.29, 0.717) is 6.42 Å². The summed E-state index contributed by atoms with van der Waals surface area (Å²) in [4.78, 5) is 3.95. The first-order valence-electron chi connectivity index (χ1n) is 2.70. The molecule has 1 rings (SSSR count). The van der Waals surface area contributed by atoms with Crippen LogP contribution in [0.25, 0.3) is 0 Å². The van der Waals surface area contributed by atoms with Gasteiger partial charge in [0, 0.05) is 18.3 Å². The van der Waals surface area contributed by atoms with Crippen LogP contribution in [0.4, 0.5) is 0 Å². The van der Waals surface area contributed by atoms with Crippen molar-refractivity contribution in [3.8, 4) is 0 Å². The predicted octanol–water partition coefficient (Wildman–Crippen LogP) is 1.04. The van der Waals surface area contributed by atoms with E-state index in [9.17, 15) is 0 Å². The Labute approximate surface area is 54.2 Å². The SMILES string of the molecule is O[C]Cc1ccccn1. The average Bonchev–Trinajstić information content (AvgIpc) is 1.91. The lowest BCUT2D eigenvalue weighted by Gasteiger charge is -1.91. The van der Waals surface area contributed by atoms with E-state index in [-0.39, 0.29) is 0 Å². The van der Waals surface area contributed by atoms with Crippen molar-refractivity contribution in [3.05, 3.63) is 36.7 Å². The second-order valence-electron chi connectivity index (χ2n) is 1.66. The molecule has 2 heteroatoms. The Bertz CT molecular complexity index is 162. The standard InChI is InChI=1S/C7H7NO/c9-6-4-7-3-1-2-5-8-7/h1-3,5,9H,4H2. The molecule has 0 bridgehead atoms. The lowest BCUT2D eigenvalue weighted by molar-refractivity contribution is 0.384. The van der Waals surface area contributed by atoms with Gasteiger partial charge >= 0.3 is 0 Å². The smallest absolute Gasteiger partial charge is 0.134 e. The topological polar surface area (TPSA) is 33.1 Å². The third-order valence-electron chi connectivity index (χ3n) is 0.986. The minimum Gasteiger partial charge on any atom is -0.383 e. The van der Waals surface area contributed by atoms with Crippen LogP contribution in [0.15, 0.2) is 24.4 Å². The van der Waals surface area contributed by atoms with Gasteiger partial charge in [-0.05, 0) is 12.1 Å². The average molecular weight is 121 g/mol. The molecule has 1 N–H and O–H groups in total. The molecule has 2 radical (unpaired) electrons. The maximum Gasteiger partial charge on any atom is 0.134 e. The van der Waals surface area contributed by atoms with Crippen molar-refractivity contribution in [3.63, 3.8) is 0 Å². The first-order valence-corrected chi connectivity index (χ1v) is 2.70. The summed E-state index contributed by atoms with van der Waals surface area (Å²) in [6.45, 7) is 2.02. The molecule has 1 aromatic heterocycles. The van der Waals surface area contributed by atoms with Crippen molar-refractivity contribution >= 4 is 0 Å². The number of rotatable bonds is 2. The number of hydrogen-bond acceptors (Lipinski definition) is 2. The zero-order valence-electron chi connectivity index (χ0n) is 4.91. The fraction of sp³-hybridized carbons (Fsp3) is 0.143. The van der Waals surface area contributed by atoms with Crippen LogP contribution >= 0.6 is 0 Å². The highest BCUT2D eigenvalue weighted by Crippen LogP contribution is 1.94. The molecule has 2 nitrogen and oxygen atoms in total. The zero-order valence-corrected chi connectivity index (χ0v) is 4.91. The van der Waals surface area contributed by atoms with E-state index in [1.54, 1.807) is 6.20 Å². The van der Waals surface area contributed by atoms with E-state index < -0.39 is 0 Å². The third-order valence-corrected chi connectivity index (χ3v) is 0.986. The Morgan fingerprint density at radius 1 is 1.56 bits per heavy atom. The van der Waals surface area contributed by atoms with Gasteiger partial charge in [0.05, 0.1) is 0 Å². The van der Waals surface area contributed by atoms with Gasteiger partial charge in [0.2, 0.25) is 0 Å². The van der Waals surface area contributed by atoms with Crippen LogP contribution in [0.5, 0.6) is 0 Å². The molecule has 0 saturated carbocycles. The Morgan fingerprint density at radius 2 is 2.44 bits per heavy atom. The largest absolute Gasteiger partial charge is 0.383 e. The van der Waals surface area contributed by atoms with Gasteiger partial charge in [-0.25, -0.2) is 0 Å². The maximum atomic E-state index is 8.23. The summed E-state index contributed by atoms with van der Waals surface area (Å²) in [6, 6.07) is 5.55. The van der Waals surface area contributed by atoms with Gasteiger partial charge in [0.1, 0.15) is 6.61 Å². The number of aliphatic hydroxyl groups is 1. The van der Waals surface area contributed by atoms with Crippen molar-refractivity contribution in [2.75, 3.05) is 0 Å². The van der Waals surface area contributed by atoms with E-state index in [1.807, 2.05) is 24.8 Å². The van der Waals surface area contributed by atoms with E-state index in [1.165, 1.54) is 0 Å². The quantitative estimate of drug-likeness (QED) is 0.634. The Balaban J connectivity index is 2.61. The van der Waals surface area contributed by atoms with E-state index in [0.717, 1.165) is 5.69 Å². The fourth-order valence-electron chi connectivity index (χ4n) is 0.584. The van der Waals surface area contributed by atoms with E-state index in [4.69, 9.17) is 5.11 Å². The molecular weight excluding hydrogens is 114 g/mol. The maximum absolute atomic E-state index is 8.23. The minimum atomic E-state index is 0.404. The molecule has 0 aliphatic rings. The first kappa shape index (κ1) is 6.23.